The molecule has 0 saturated heterocycles. The third kappa shape index (κ3) is 4.56. The van der Waals surface area contributed by atoms with Crippen molar-refractivity contribution in [3.8, 4) is 5.75 Å². The Hall–Kier alpha value is -1.91. The van der Waals surface area contributed by atoms with Gasteiger partial charge in [-0.05, 0) is 67.3 Å². The molecule has 0 aromatic heterocycles. The van der Waals surface area contributed by atoms with Crippen LogP contribution in [0.5, 0.6) is 5.75 Å². The molecule has 0 saturated carbocycles. The number of hydrogen-bond acceptors (Lipinski definition) is 2. The van der Waals surface area contributed by atoms with E-state index in [1.807, 2.05) is 79.0 Å². The van der Waals surface area contributed by atoms with E-state index >= 15 is 0 Å². The monoisotopic (exact) mass is 443 g/mol. The fraction of sp³-hybridized carbons (Fsp3) is 0.0500. The predicted molar refractivity (Wildman–Crippen MR) is 106 cm³/mol. The van der Waals surface area contributed by atoms with Crippen LogP contribution in [-0.4, -0.2) is 6.21 Å². The van der Waals surface area contributed by atoms with Gasteiger partial charge in [-0.2, -0.15) is 0 Å². The summed E-state index contributed by atoms with van der Waals surface area (Å²) >= 11 is 7.16. The number of rotatable bonds is 5. The number of ether oxygens (including phenoxy) is 1. The van der Waals surface area contributed by atoms with E-state index < -0.39 is 0 Å². The maximum absolute atomic E-state index is 5.93. The van der Waals surface area contributed by atoms with Gasteiger partial charge in [-0.25, -0.2) is 0 Å². The molecule has 120 valence electrons. The number of halogens is 2. The first-order chi connectivity index (χ1) is 11.7. The molecule has 0 radical (unpaired) electrons. The molecule has 0 atom stereocenters. The fourth-order valence-corrected chi connectivity index (χ4v) is 3.64. The molecule has 24 heavy (non-hydrogen) atoms. The molecule has 0 aliphatic carbocycles. The SMILES string of the molecule is Brc1cc(C=Nc2ccccc2)cc(Br)c1OCc1ccccc1. The normalized spacial score (nSPS) is 10.9. The Morgan fingerprint density at radius 1 is 0.833 bits per heavy atom. The van der Waals surface area contributed by atoms with Gasteiger partial charge in [0.15, 0.2) is 0 Å². The first kappa shape index (κ1) is 16.9. The first-order valence-electron chi connectivity index (χ1n) is 7.47. The van der Waals surface area contributed by atoms with Gasteiger partial charge in [-0.3, -0.25) is 4.99 Å². The van der Waals surface area contributed by atoms with Crippen molar-refractivity contribution in [3.63, 3.8) is 0 Å². The molecule has 0 N–H and O–H groups in total. The van der Waals surface area contributed by atoms with Crippen molar-refractivity contribution >= 4 is 43.8 Å². The number of benzene rings is 3. The van der Waals surface area contributed by atoms with Crippen molar-refractivity contribution < 1.29 is 4.74 Å². The molecular weight excluding hydrogens is 430 g/mol. The number of nitrogens with zero attached hydrogens (tertiary/aromatic N) is 1. The largest absolute Gasteiger partial charge is 0.487 e. The summed E-state index contributed by atoms with van der Waals surface area (Å²) in [5.74, 6) is 0.788. The fourth-order valence-electron chi connectivity index (χ4n) is 2.18. The van der Waals surface area contributed by atoms with E-state index in [4.69, 9.17) is 4.74 Å². The molecule has 2 nitrogen and oxygen atoms in total. The van der Waals surface area contributed by atoms with Gasteiger partial charge < -0.3 is 4.74 Å². The zero-order valence-electron chi connectivity index (χ0n) is 12.8. The van der Waals surface area contributed by atoms with Crippen LogP contribution in [0.15, 0.2) is 86.7 Å². The highest BCUT2D eigenvalue weighted by Crippen LogP contribution is 2.35. The van der Waals surface area contributed by atoms with E-state index in [0.29, 0.717) is 6.61 Å². The minimum Gasteiger partial charge on any atom is -0.487 e. The maximum atomic E-state index is 5.93. The van der Waals surface area contributed by atoms with E-state index in [1.54, 1.807) is 0 Å². The molecule has 3 rings (SSSR count). The average Bonchev–Trinajstić information content (AvgIpc) is 2.61. The van der Waals surface area contributed by atoms with Crippen LogP contribution in [0.2, 0.25) is 0 Å². The lowest BCUT2D eigenvalue weighted by atomic mass is 10.2. The van der Waals surface area contributed by atoms with Gasteiger partial charge in [0.2, 0.25) is 0 Å². The molecule has 0 spiro atoms. The zero-order valence-corrected chi connectivity index (χ0v) is 16.0. The molecule has 0 bridgehead atoms. The van der Waals surface area contributed by atoms with Crippen molar-refractivity contribution in [2.75, 3.05) is 0 Å². The van der Waals surface area contributed by atoms with Crippen molar-refractivity contribution in [1.29, 1.82) is 0 Å². The Morgan fingerprint density at radius 2 is 1.42 bits per heavy atom. The summed E-state index contributed by atoms with van der Waals surface area (Å²) in [6.45, 7) is 0.523. The number of aliphatic imine (C=N–C) groups is 1. The van der Waals surface area contributed by atoms with E-state index in [2.05, 4.69) is 36.9 Å². The van der Waals surface area contributed by atoms with Crippen molar-refractivity contribution in [3.05, 3.63) is 92.9 Å². The Morgan fingerprint density at radius 3 is 2.04 bits per heavy atom. The average molecular weight is 445 g/mol. The second kappa shape index (κ2) is 8.27. The topological polar surface area (TPSA) is 21.6 Å². The summed E-state index contributed by atoms with van der Waals surface area (Å²) in [6.07, 6.45) is 1.84. The van der Waals surface area contributed by atoms with Crippen molar-refractivity contribution in [2.45, 2.75) is 6.61 Å². The highest BCUT2D eigenvalue weighted by molar-refractivity contribution is 9.11. The van der Waals surface area contributed by atoms with Crippen molar-refractivity contribution in [1.82, 2.24) is 0 Å². The summed E-state index contributed by atoms with van der Waals surface area (Å²) in [5.41, 5.74) is 3.05. The van der Waals surface area contributed by atoms with Crippen LogP contribution in [0.3, 0.4) is 0 Å². The lowest BCUT2D eigenvalue weighted by Gasteiger charge is -2.11. The van der Waals surface area contributed by atoms with E-state index in [0.717, 1.165) is 31.5 Å². The van der Waals surface area contributed by atoms with E-state index in [1.165, 1.54) is 0 Å². The second-order valence-electron chi connectivity index (χ2n) is 5.18. The van der Waals surface area contributed by atoms with Gasteiger partial charge in [-0.1, -0.05) is 48.5 Å². The molecular formula is C20H15Br2NO. The van der Waals surface area contributed by atoms with E-state index in [-0.39, 0.29) is 0 Å². The third-order valence-corrected chi connectivity index (χ3v) is 4.54. The Balaban J connectivity index is 1.75. The van der Waals surface area contributed by atoms with Crippen LogP contribution in [-0.2, 0) is 6.61 Å². The summed E-state index contributed by atoms with van der Waals surface area (Å²) in [7, 11) is 0. The van der Waals surface area contributed by atoms with Crippen molar-refractivity contribution in [2.24, 2.45) is 4.99 Å². The van der Waals surface area contributed by atoms with Gasteiger partial charge in [-0.15, -0.1) is 0 Å². The van der Waals surface area contributed by atoms with Gasteiger partial charge in [0.25, 0.3) is 0 Å². The number of hydrogen-bond donors (Lipinski definition) is 0. The molecule has 0 aliphatic heterocycles. The van der Waals surface area contributed by atoms with Crippen LogP contribution in [0.25, 0.3) is 0 Å². The lowest BCUT2D eigenvalue weighted by Crippen LogP contribution is -1.97. The Labute approximate surface area is 158 Å². The smallest absolute Gasteiger partial charge is 0.148 e. The molecule has 4 heteroatoms. The zero-order chi connectivity index (χ0) is 16.8. The van der Waals surface area contributed by atoms with Gasteiger partial charge in [0.1, 0.15) is 12.4 Å². The molecule has 0 aliphatic rings. The van der Waals surface area contributed by atoms with Crippen LogP contribution in [0.4, 0.5) is 5.69 Å². The van der Waals surface area contributed by atoms with Crippen LogP contribution in [0.1, 0.15) is 11.1 Å². The van der Waals surface area contributed by atoms with Crippen LogP contribution < -0.4 is 4.74 Å². The summed E-state index contributed by atoms with van der Waals surface area (Å²) in [6, 6.07) is 24.0. The standard InChI is InChI=1S/C20H15Br2NO/c21-18-11-16(13-23-17-9-5-2-6-10-17)12-19(22)20(18)24-14-15-7-3-1-4-8-15/h1-13H,14H2. The highest BCUT2D eigenvalue weighted by Gasteiger charge is 2.08. The molecule has 0 heterocycles. The molecule has 0 amide bonds. The first-order valence-corrected chi connectivity index (χ1v) is 9.06. The van der Waals surface area contributed by atoms with Gasteiger partial charge >= 0.3 is 0 Å². The maximum Gasteiger partial charge on any atom is 0.148 e. The highest BCUT2D eigenvalue weighted by atomic mass is 79.9. The summed E-state index contributed by atoms with van der Waals surface area (Å²) in [4.78, 5) is 4.47. The predicted octanol–water partition coefficient (Wildman–Crippen LogP) is 6.54. The molecule has 3 aromatic rings. The summed E-state index contributed by atoms with van der Waals surface area (Å²) in [5, 5.41) is 0. The third-order valence-electron chi connectivity index (χ3n) is 3.37. The minimum atomic E-state index is 0.523. The number of para-hydroxylation sites is 1. The lowest BCUT2D eigenvalue weighted by molar-refractivity contribution is 0.302. The molecule has 3 aromatic carbocycles. The van der Waals surface area contributed by atoms with Gasteiger partial charge in [0.05, 0.1) is 14.6 Å². The quantitative estimate of drug-likeness (QED) is 0.409. The molecule has 0 unspecified atom stereocenters. The Bertz CT molecular complexity index is 810. The minimum absolute atomic E-state index is 0.523. The van der Waals surface area contributed by atoms with Crippen LogP contribution >= 0.6 is 31.9 Å². The van der Waals surface area contributed by atoms with Crippen LogP contribution in [0, 0.1) is 0 Å². The second-order valence-corrected chi connectivity index (χ2v) is 6.89. The summed E-state index contributed by atoms with van der Waals surface area (Å²) < 4.78 is 7.72. The van der Waals surface area contributed by atoms with E-state index in [9.17, 15) is 0 Å². The Kier molecular flexibility index (Phi) is 5.83. The van der Waals surface area contributed by atoms with Gasteiger partial charge in [0, 0.05) is 6.21 Å². The molecule has 0 fully saturated rings.